The lowest BCUT2D eigenvalue weighted by molar-refractivity contribution is 0.625. The summed E-state index contributed by atoms with van der Waals surface area (Å²) in [5.74, 6) is 2.85. The van der Waals surface area contributed by atoms with Crippen LogP contribution in [-0.2, 0) is 13.1 Å². The zero-order valence-electron chi connectivity index (χ0n) is 13.7. The Morgan fingerprint density at radius 2 is 1.19 bits per heavy atom. The summed E-state index contributed by atoms with van der Waals surface area (Å²) in [6.07, 6.45) is 3.44. The molecule has 0 atom stereocenters. The highest BCUT2D eigenvalue weighted by Gasteiger charge is 2.14. The monoisotopic (exact) mass is 348 g/mol. The Kier molecular flexibility index (Phi) is 3.21. The predicted octanol–water partition coefficient (Wildman–Crippen LogP) is 2.88. The van der Waals surface area contributed by atoms with Gasteiger partial charge in [0.05, 0.1) is 25.5 Å². The Morgan fingerprint density at radius 1 is 0.731 bits per heavy atom. The van der Waals surface area contributed by atoms with Crippen molar-refractivity contribution in [3.05, 3.63) is 48.3 Å². The summed E-state index contributed by atoms with van der Waals surface area (Å²) in [6.45, 7) is 0.713. The van der Waals surface area contributed by atoms with Gasteiger partial charge in [0.15, 0.2) is 11.5 Å². The van der Waals surface area contributed by atoms with Gasteiger partial charge >= 0.3 is 0 Å². The summed E-state index contributed by atoms with van der Waals surface area (Å²) >= 11 is 0. The van der Waals surface area contributed by atoms with Gasteiger partial charge in [-0.05, 0) is 24.3 Å². The Morgan fingerprint density at radius 3 is 1.58 bits per heavy atom. The highest BCUT2D eigenvalue weighted by molar-refractivity contribution is 5.96. The van der Waals surface area contributed by atoms with E-state index in [-0.39, 0.29) is 0 Å². The lowest BCUT2D eigenvalue weighted by Crippen LogP contribution is -1.97. The standard InChI is InChI=1S/C18H16N6O2/c19-5-17-21-7-11(23-17)15-3-9-1-13-10(2-14(9)26-15)4-16(25-13)12-8-22-18(6-20)24-12/h1-4,7-8H,5-6,19-20H2,(H,21,23)(H,22,24). The SMILES string of the molecule is NCc1ncc(-c2cc3cc4oc(-c5cnc(CN)[nH]5)cc4cc3o2)[nH]1. The minimum absolute atomic E-state index is 0.357. The number of aromatic amines is 2. The van der Waals surface area contributed by atoms with Crippen molar-refractivity contribution in [1.29, 1.82) is 0 Å². The van der Waals surface area contributed by atoms with Crippen LogP contribution in [0.1, 0.15) is 11.6 Å². The molecule has 0 radical (unpaired) electrons. The first-order valence-corrected chi connectivity index (χ1v) is 8.19. The Labute approximate surface area is 147 Å². The smallest absolute Gasteiger partial charge is 0.153 e. The lowest BCUT2D eigenvalue weighted by atomic mass is 10.2. The maximum atomic E-state index is 5.97. The van der Waals surface area contributed by atoms with Gasteiger partial charge in [0.1, 0.15) is 34.2 Å². The molecule has 8 nitrogen and oxygen atoms in total. The van der Waals surface area contributed by atoms with Gasteiger partial charge in [-0.3, -0.25) is 0 Å². The van der Waals surface area contributed by atoms with E-state index < -0.39 is 0 Å². The molecule has 8 heteroatoms. The summed E-state index contributed by atoms with van der Waals surface area (Å²) in [6, 6.07) is 7.82. The van der Waals surface area contributed by atoms with Crippen LogP contribution in [0.3, 0.4) is 0 Å². The summed E-state index contributed by atoms with van der Waals surface area (Å²) in [5.41, 5.74) is 14.3. The van der Waals surface area contributed by atoms with Crippen LogP contribution in [0, 0.1) is 0 Å². The number of aromatic nitrogens is 4. The van der Waals surface area contributed by atoms with Crippen LogP contribution in [0.4, 0.5) is 0 Å². The first-order valence-electron chi connectivity index (χ1n) is 8.19. The summed E-state index contributed by atoms with van der Waals surface area (Å²) < 4.78 is 11.9. The van der Waals surface area contributed by atoms with Crippen LogP contribution < -0.4 is 11.5 Å². The van der Waals surface area contributed by atoms with E-state index in [1.54, 1.807) is 12.4 Å². The molecule has 0 unspecified atom stereocenters. The molecule has 0 bridgehead atoms. The highest BCUT2D eigenvalue weighted by atomic mass is 16.3. The van der Waals surface area contributed by atoms with Crippen LogP contribution in [0.15, 0.2) is 45.5 Å². The van der Waals surface area contributed by atoms with Crippen molar-refractivity contribution in [2.75, 3.05) is 0 Å². The van der Waals surface area contributed by atoms with Gasteiger partial charge in [0, 0.05) is 10.8 Å². The second kappa shape index (κ2) is 5.58. The molecule has 4 aromatic heterocycles. The molecule has 0 saturated carbocycles. The van der Waals surface area contributed by atoms with Crippen molar-refractivity contribution in [2.45, 2.75) is 13.1 Å². The number of rotatable bonds is 4. The van der Waals surface area contributed by atoms with Crippen LogP contribution in [0.25, 0.3) is 44.8 Å². The van der Waals surface area contributed by atoms with Gasteiger partial charge in [0.2, 0.25) is 0 Å². The number of benzene rings is 1. The van der Waals surface area contributed by atoms with E-state index in [1.807, 2.05) is 24.3 Å². The van der Waals surface area contributed by atoms with Gasteiger partial charge in [-0.1, -0.05) is 0 Å². The number of nitrogens with two attached hydrogens (primary N) is 2. The van der Waals surface area contributed by atoms with E-state index in [0.717, 1.165) is 45.0 Å². The van der Waals surface area contributed by atoms with E-state index in [1.165, 1.54) is 0 Å². The molecule has 5 aromatic rings. The van der Waals surface area contributed by atoms with Crippen molar-refractivity contribution in [1.82, 2.24) is 19.9 Å². The fourth-order valence-corrected chi connectivity index (χ4v) is 3.02. The third-order valence-corrected chi connectivity index (χ3v) is 4.33. The maximum Gasteiger partial charge on any atom is 0.153 e. The molecule has 0 spiro atoms. The molecular formula is C18H16N6O2. The molecule has 0 saturated heterocycles. The summed E-state index contributed by atoms with van der Waals surface area (Å²) in [7, 11) is 0. The molecular weight excluding hydrogens is 332 g/mol. The van der Waals surface area contributed by atoms with Crippen LogP contribution in [-0.4, -0.2) is 19.9 Å². The minimum Gasteiger partial charge on any atom is -0.454 e. The fourth-order valence-electron chi connectivity index (χ4n) is 3.02. The molecule has 0 aliphatic rings. The zero-order valence-corrected chi connectivity index (χ0v) is 13.7. The van der Waals surface area contributed by atoms with Crippen molar-refractivity contribution >= 4 is 21.9 Å². The molecule has 26 heavy (non-hydrogen) atoms. The molecule has 6 N–H and O–H groups in total. The maximum absolute atomic E-state index is 5.97. The number of H-pyrrole nitrogens is 2. The molecule has 4 heterocycles. The van der Waals surface area contributed by atoms with Gasteiger partial charge in [-0.25, -0.2) is 9.97 Å². The van der Waals surface area contributed by atoms with Gasteiger partial charge in [0.25, 0.3) is 0 Å². The van der Waals surface area contributed by atoms with Crippen molar-refractivity contribution in [3.63, 3.8) is 0 Å². The third-order valence-electron chi connectivity index (χ3n) is 4.33. The average molecular weight is 348 g/mol. The van der Waals surface area contributed by atoms with E-state index >= 15 is 0 Å². The summed E-state index contributed by atoms with van der Waals surface area (Å²) in [5, 5.41) is 1.90. The lowest BCUT2D eigenvalue weighted by Gasteiger charge is -1.90. The Balaban J connectivity index is 1.57. The van der Waals surface area contributed by atoms with Gasteiger partial charge < -0.3 is 30.3 Å². The van der Waals surface area contributed by atoms with Gasteiger partial charge in [-0.15, -0.1) is 0 Å². The number of hydrogen-bond donors (Lipinski definition) is 4. The number of fused-ring (bicyclic) bond motifs is 2. The quantitative estimate of drug-likeness (QED) is 0.394. The zero-order chi connectivity index (χ0) is 17.7. The first-order chi connectivity index (χ1) is 12.7. The van der Waals surface area contributed by atoms with E-state index in [9.17, 15) is 0 Å². The van der Waals surface area contributed by atoms with E-state index in [2.05, 4.69) is 19.9 Å². The first kappa shape index (κ1) is 14.9. The molecule has 0 fully saturated rings. The second-order valence-corrected chi connectivity index (χ2v) is 6.04. The van der Waals surface area contributed by atoms with Crippen LogP contribution >= 0.6 is 0 Å². The van der Waals surface area contributed by atoms with Crippen molar-refractivity contribution in [3.8, 4) is 22.9 Å². The Hall–Kier alpha value is -3.36. The molecule has 0 amide bonds. The number of nitrogens with one attached hydrogen (secondary N) is 2. The highest BCUT2D eigenvalue weighted by Crippen LogP contribution is 2.33. The molecule has 5 rings (SSSR count). The Bertz CT molecular complexity index is 1080. The number of imidazole rings is 2. The number of hydrogen-bond acceptors (Lipinski definition) is 6. The topological polar surface area (TPSA) is 136 Å². The second-order valence-electron chi connectivity index (χ2n) is 6.04. The molecule has 0 aliphatic heterocycles. The normalized spacial score (nSPS) is 11.8. The summed E-state index contributed by atoms with van der Waals surface area (Å²) in [4.78, 5) is 14.7. The number of nitrogens with zero attached hydrogens (tertiary/aromatic N) is 2. The van der Waals surface area contributed by atoms with E-state index in [0.29, 0.717) is 24.6 Å². The van der Waals surface area contributed by atoms with Crippen LogP contribution in [0.5, 0.6) is 0 Å². The van der Waals surface area contributed by atoms with Crippen molar-refractivity contribution < 1.29 is 8.83 Å². The predicted molar refractivity (Wildman–Crippen MR) is 96.9 cm³/mol. The van der Waals surface area contributed by atoms with Crippen molar-refractivity contribution in [2.24, 2.45) is 11.5 Å². The number of furan rings is 2. The van der Waals surface area contributed by atoms with Gasteiger partial charge in [-0.2, -0.15) is 0 Å². The van der Waals surface area contributed by atoms with Crippen LogP contribution in [0.2, 0.25) is 0 Å². The largest absolute Gasteiger partial charge is 0.454 e. The third kappa shape index (κ3) is 2.32. The fraction of sp³-hybridized carbons (Fsp3) is 0.111. The molecule has 130 valence electrons. The molecule has 0 aliphatic carbocycles. The van der Waals surface area contributed by atoms with E-state index in [4.69, 9.17) is 20.3 Å². The molecule has 1 aromatic carbocycles. The average Bonchev–Trinajstić information content (AvgIpc) is 3.43. The minimum atomic E-state index is 0.357.